The van der Waals surface area contributed by atoms with Crippen LogP contribution >= 0.6 is 0 Å². The summed E-state index contributed by atoms with van der Waals surface area (Å²) in [7, 11) is 1.42. The molecule has 2 aromatic carbocycles. The molecule has 0 saturated heterocycles. The molecule has 0 bridgehead atoms. The van der Waals surface area contributed by atoms with Gasteiger partial charge in [0.2, 0.25) is 0 Å². The largest absolute Gasteiger partial charge is 0.467 e. The van der Waals surface area contributed by atoms with Crippen LogP contribution in [0.2, 0.25) is 0 Å². The average Bonchev–Trinajstić information content (AvgIpc) is 2.87. The molecule has 0 radical (unpaired) electrons. The van der Waals surface area contributed by atoms with Crippen molar-refractivity contribution in [3.8, 4) is 0 Å². The highest BCUT2D eigenvalue weighted by atomic mass is 16.5. The SMILES string of the molecule is COC(=O)C1N(c2ccccc2)N=C(c2ccccc2)C1(C)C. The van der Waals surface area contributed by atoms with Crippen LogP contribution in [0.4, 0.5) is 5.69 Å². The van der Waals surface area contributed by atoms with Gasteiger partial charge in [0.05, 0.1) is 18.5 Å². The fraction of sp³-hybridized carbons (Fsp3) is 0.263. The summed E-state index contributed by atoms with van der Waals surface area (Å²) in [5.74, 6) is -0.284. The number of methoxy groups -OCH3 is 1. The molecular formula is C19H20N2O2. The molecule has 0 aromatic heterocycles. The molecule has 23 heavy (non-hydrogen) atoms. The minimum atomic E-state index is -0.495. The van der Waals surface area contributed by atoms with E-state index < -0.39 is 11.5 Å². The second kappa shape index (κ2) is 5.88. The molecular weight excluding hydrogens is 288 g/mol. The van der Waals surface area contributed by atoms with Crippen LogP contribution in [0, 0.1) is 5.41 Å². The molecule has 0 amide bonds. The molecule has 118 valence electrons. The van der Waals surface area contributed by atoms with E-state index in [4.69, 9.17) is 9.84 Å². The number of hydrogen-bond donors (Lipinski definition) is 0. The van der Waals surface area contributed by atoms with Crippen molar-refractivity contribution in [2.75, 3.05) is 12.1 Å². The van der Waals surface area contributed by atoms with E-state index in [9.17, 15) is 4.79 Å². The molecule has 0 N–H and O–H groups in total. The second-order valence-corrected chi connectivity index (χ2v) is 6.14. The summed E-state index contributed by atoms with van der Waals surface area (Å²) in [6.07, 6.45) is 0. The summed E-state index contributed by atoms with van der Waals surface area (Å²) in [6.45, 7) is 4.06. The predicted molar refractivity (Wildman–Crippen MR) is 91.5 cm³/mol. The summed E-state index contributed by atoms with van der Waals surface area (Å²) in [5, 5.41) is 6.55. The Morgan fingerprint density at radius 3 is 2.17 bits per heavy atom. The van der Waals surface area contributed by atoms with Crippen LogP contribution in [0.3, 0.4) is 0 Å². The van der Waals surface area contributed by atoms with Gasteiger partial charge in [0.25, 0.3) is 0 Å². The Bertz CT molecular complexity index is 724. The Morgan fingerprint density at radius 1 is 1.04 bits per heavy atom. The third kappa shape index (κ3) is 2.61. The summed E-state index contributed by atoms with van der Waals surface area (Å²) in [4.78, 5) is 12.5. The highest BCUT2D eigenvalue weighted by Gasteiger charge is 2.50. The average molecular weight is 308 g/mol. The molecule has 1 aliphatic heterocycles. The lowest BCUT2D eigenvalue weighted by molar-refractivity contribution is -0.143. The van der Waals surface area contributed by atoms with Gasteiger partial charge in [0, 0.05) is 5.41 Å². The zero-order valence-corrected chi connectivity index (χ0v) is 13.6. The Hall–Kier alpha value is -2.62. The normalized spacial score (nSPS) is 19.3. The van der Waals surface area contributed by atoms with Gasteiger partial charge in [-0.3, -0.25) is 0 Å². The lowest BCUT2D eigenvalue weighted by Gasteiger charge is -2.30. The van der Waals surface area contributed by atoms with Gasteiger partial charge in [0.15, 0.2) is 6.04 Å². The first-order chi connectivity index (χ1) is 11.1. The monoisotopic (exact) mass is 308 g/mol. The Labute approximate surface area is 136 Å². The number of para-hydroxylation sites is 1. The molecule has 1 unspecified atom stereocenters. The second-order valence-electron chi connectivity index (χ2n) is 6.14. The van der Waals surface area contributed by atoms with E-state index in [0.717, 1.165) is 17.0 Å². The molecule has 4 nitrogen and oxygen atoms in total. The number of ether oxygens (including phenoxy) is 1. The number of carbonyl (C=O) groups is 1. The Balaban J connectivity index is 2.12. The van der Waals surface area contributed by atoms with Crippen LogP contribution in [-0.4, -0.2) is 24.8 Å². The van der Waals surface area contributed by atoms with Gasteiger partial charge < -0.3 is 4.74 Å². The lowest BCUT2D eigenvalue weighted by atomic mass is 9.78. The molecule has 0 saturated carbocycles. The molecule has 1 heterocycles. The fourth-order valence-electron chi connectivity index (χ4n) is 3.05. The third-order valence-corrected chi connectivity index (χ3v) is 4.24. The number of nitrogens with zero attached hydrogens (tertiary/aromatic N) is 2. The van der Waals surface area contributed by atoms with Crippen LogP contribution in [0.1, 0.15) is 19.4 Å². The van der Waals surface area contributed by atoms with Crippen molar-refractivity contribution in [1.29, 1.82) is 0 Å². The molecule has 0 fully saturated rings. The van der Waals surface area contributed by atoms with Crippen LogP contribution < -0.4 is 5.01 Å². The summed E-state index contributed by atoms with van der Waals surface area (Å²) in [5.41, 5.74) is 2.31. The number of anilines is 1. The van der Waals surface area contributed by atoms with Crippen LogP contribution in [-0.2, 0) is 9.53 Å². The molecule has 2 aromatic rings. The van der Waals surface area contributed by atoms with E-state index in [1.807, 2.05) is 74.5 Å². The summed E-state index contributed by atoms with van der Waals surface area (Å²) < 4.78 is 5.05. The molecule has 1 atom stereocenters. The maximum atomic E-state index is 12.5. The summed E-state index contributed by atoms with van der Waals surface area (Å²) >= 11 is 0. The standard InChI is InChI=1S/C19H20N2O2/c1-19(2)16(14-10-6-4-7-11-14)20-21(17(19)18(22)23-3)15-12-8-5-9-13-15/h4-13,17H,1-3H3. The van der Waals surface area contributed by atoms with E-state index in [0.29, 0.717) is 0 Å². The van der Waals surface area contributed by atoms with Crippen molar-refractivity contribution in [2.45, 2.75) is 19.9 Å². The number of esters is 1. The number of carbonyl (C=O) groups excluding carboxylic acids is 1. The maximum Gasteiger partial charge on any atom is 0.331 e. The zero-order chi connectivity index (χ0) is 16.4. The van der Waals surface area contributed by atoms with Gasteiger partial charge in [0.1, 0.15) is 0 Å². The third-order valence-electron chi connectivity index (χ3n) is 4.24. The molecule has 1 aliphatic rings. The molecule has 4 heteroatoms. The lowest BCUT2D eigenvalue weighted by Crippen LogP contribution is -2.46. The predicted octanol–water partition coefficient (Wildman–Crippen LogP) is 3.48. The van der Waals surface area contributed by atoms with E-state index in [-0.39, 0.29) is 5.97 Å². The molecule has 3 rings (SSSR count). The highest BCUT2D eigenvalue weighted by Crippen LogP contribution is 2.39. The first-order valence-corrected chi connectivity index (χ1v) is 7.62. The quantitative estimate of drug-likeness (QED) is 0.815. The van der Waals surface area contributed by atoms with Gasteiger partial charge in [-0.2, -0.15) is 5.10 Å². The van der Waals surface area contributed by atoms with E-state index >= 15 is 0 Å². The van der Waals surface area contributed by atoms with Crippen molar-refractivity contribution in [3.05, 3.63) is 66.2 Å². The molecule has 0 aliphatic carbocycles. The van der Waals surface area contributed by atoms with Gasteiger partial charge in [-0.15, -0.1) is 0 Å². The highest BCUT2D eigenvalue weighted by molar-refractivity contribution is 6.10. The minimum absolute atomic E-state index is 0.284. The zero-order valence-electron chi connectivity index (χ0n) is 13.6. The van der Waals surface area contributed by atoms with Crippen LogP contribution in [0.15, 0.2) is 65.8 Å². The van der Waals surface area contributed by atoms with Gasteiger partial charge in [-0.25, -0.2) is 9.80 Å². The minimum Gasteiger partial charge on any atom is -0.467 e. The van der Waals surface area contributed by atoms with Crippen molar-refractivity contribution in [3.63, 3.8) is 0 Å². The van der Waals surface area contributed by atoms with Crippen molar-refractivity contribution in [1.82, 2.24) is 0 Å². The smallest absolute Gasteiger partial charge is 0.331 e. The van der Waals surface area contributed by atoms with Gasteiger partial charge in [-0.1, -0.05) is 62.4 Å². The van der Waals surface area contributed by atoms with Gasteiger partial charge >= 0.3 is 5.97 Å². The van der Waals surface area contributed by atoms with Gasteiger partial charge in [-0.05, 0) is 17.7 Å². The fourth-order valence-corrected chi connectivity index (χ4v) is 3.05. The van der Waals surface area contributed by atoms with E-state index in [1.165, 1.54) is 7.11 Å². The molecule has 0 spiro atoms. The van der Waals surface area contributed by atoms with Crippen LogP contribution in [0.5, 0.6) is 0 Å². The van der Waals surface area contributed by atoms with Crippen LogP contribution in [0.25, 0.3) is 0 Å². The van der Waals surface area contributed by atoms with Crippen molar-refractivity contribution < 1.29 is 9.53 Å². The van der Waals surface area contributed by atoms with Crippen molar-refractivity contribution >= 4 is 17.4 Å². The first kappa shape index (κ1) is 15.3. The number of rotatable bonds is 3. The maximum absolute atomic E-state index is 12.5. The van der Waals surface area contributed by atoms with E-state index in [1.54, 1.807) is 5.01 Å². The summed E-state index contributed by atoms with van der Waals surface area (Å²) in [6, 6.07) is 19.2. The number of hydrogen-bond acceptors (Lipinski definition) is 4. The topological polar surface area (TPSA) is 41.9 Å². The van der Waals surface area contributed by atoms with Crippen molar-refractivity contribution in [2.24, 2.45) is 10.5 Å². The van der Waals surface area contributed by atoms with E-state index in [2.05, 4.69) is 0 Å². The number of benzene rings is 2. The first-order valence-electron chi connectivity index (χ1n) is 7.62. The Kier molecular flexibility index (Phi) is 3.90. The number of hydrazone groups is 1. The Morgan fingerprint density at radius 2 is 1.61 bits per heavy atom.